The van der Waals surface area contributed by atoms with E-state index in [9.17, 15) is 5.21 Å². The predicted octanol–water partition coefficient (Wildman–Crippen LogP) is 1.40. The summed E-state index contributed by atoms with van der Waals surface area (Å²) in [6.07, 6.45) is 0. The number of quaternary nitrogens is 1. The van der Waals surface area contributed by atoms with Crippen molar-refractivity contribution < 1.29 is 10.4 Å². The van der Waals surface area contributed by atoms with Gasteiger partial charge in [-0.05, 0) is 36.5 Å². The average molecular weight is 290 g/mol. The van der Waals surface area contributed by atoms with Crippen molar-refractivity contribution in [3.8, 4) is 0 Å². The van der Waals surface area contributed by atoms with E-state index in [-0.39, 0.29) is 5.69 Å². The molecule has 0 aromatic heterocycles. The molecule has 2 aromatic rings. The Labute approximate surface area is 121 Å². The number of hydrazine groups is 1. The van der Waals surface area contributed by atoms with Crippen LogP contribution in [0, 0.1) is 5.21 Å². The van der Waals surface area contributed by atoms with Gasteiger partial charge in [-0.2, -0.15) is 5.23 Å². The van der Waals surface area contributed by atoms with Crippen LogP contribution in [-0.4, -0.2) is 10.3 Å². The number of rotatable bonds is 4. The molecule has 0 spiro atoms. The van der Waals surface area contributed by atoms with Gasteiger partial charge in [-0.25, -0.2) is 5.21 Å². The average Bonchev–Trinajstić information content (AvgIpc) is 2.46. The number of thiocarbonyl (C=S) groups is 1. The van der Waals surface area contributed by atoms with E-state index in [0.29, 0.717) is 10.8 Å². The summed E-state index contributed by atoms with van der Waals surface area (Å²) in [4.78, 5) is 0. The predicted molar refractivity (Wildman–Crippen MR) is 81.6 cm³/mol. The highest BCUT2D eigenvalue weighted by Crippen LogP contribution is 2.09. The van der Waals surface area contributed by atoms with Crippen LogP contribution in [-0.2, 0) is 0 Å². The van der Waals surface area contributed by atoms with E-state index < -0.39 is 5.23 Å². The molecule has 7 heteroatoms. The summed E-state index contributed by atoms with van der Waals surface area (Å²) < 4.78 is 0. The van der Waals surface area contributed by atoms with Crippen LogP contribution in [0.3, 0.4) is 0 Å². The van der Waals surface area contributed by atoms with E-state index in [1.54, 1.807) is 12.1 Å². The molecule has 1 atom stereocenters. The number of benzene rings is 2. The second kappa shape index (κ2) is 6.83. The molecule has 0 bridgehead atoms. The smallest absolute Gasteiger partial charge is 0.189 e. The van der Waals surface area contributed by atoms with Crippen molar-refractivity contribution >= 4 is 34.4 Å². The minimum absolute atomic E-state index is 0.237. The zero-order valence-corrected chi connectivity index (χ0v) is 11.3. The van der Waals surface area contributed by atoms with Crippen molar-refractivity contribution in [1.29, 1.82) is 0 Å². The van der Waals surface area contributed by atoms with Crippen molar-refractivity contribution in [2.45, 2.75) is 0 Å². The van der Waals surface area contributed by atoms with Crippen LogP contribution < -0.4 is 21.4 Å². The number of anilines is 2. The molecule has 0 aliphatic carbocycles. The Hall–Kier alpha value is -2.19. The fraction of sp³-hybridized carbons (Fsp3) is 0. The van der Waals surface area contributed by atoms with Gasteiger partial charge in [0.1, 0.15) is 0 Å². The van der Waals surface area contributed by atoms with Crippen molar-refractivity contribution in [3.63, 3.8) is 0 Å². The van der Waals surface area contributed by atoms with Gasteiger partial charge in [-0.1, -0.05) is 18.2 Å². The molecule has 1 unspecified atom stereocenters. The molecule has 0 fully saturated rings. The molecule has 0 amide bonds. The van der Waals surface area contributed by atoms with Gasteiger partial charge in [0.2, 0.25) is 0 Å². The third kappa shape index (κ3) is 4.18. The normalized spacial score (nSPS) is 11.5. The Morgan fingerprint density at radius 2 is 1.65 bits per heavy atom. The fourth-order valence-electron chi connectivity index (χ4n) is 1.51. The molecule has 2 aromatic carbocycles. The van der Waals surface area contributed by atoms with Gasteiger partial charge in [0.15, 0.2) is 10.8 Å². The van der Waals surface area contributed by atoms with E-state index in [1.807, 2.05) is 30.3 Å². The van der Waals surface area contributed by atoms with Crippen LogP contribution in [0.1, 0.15) is 0 Å². The maximum atomic E-state index is 10.7. The summed E-state index contributed by atoms with van der Waals surface area (Å²) in [7, 11) is 0. The van der Waals surface area contributed by atoms with Gasteiger partial charge in [0.25, 0.3) is 0 Å². The molecule has 0 saturated carbocycles. The zero-order chi connectivity index (χ0) is 14.4. The molecule has 0 aliphatic heterocycles. The number of nitrogens with one attached hydrogen (secondary N) is 4. The second-order valence-corrected chi connectivity index (χ2v) is 4.36. The fourth-order valence-corrected chi connectivity index (χ4v) is 1.68. The first-order valence-electron chi connectivity index (χ1n) is 5.86. The first-order valence-corrected chi connectivity index (χ1v) is 6.27. The Balaban J connectivity index is 1.84. The topological polar surface area (TPSA) is 83.8 Å². The SMILES string of the molecule is [O-][NH+](O)c1ccc(NNC(=S)Nc2ccccc2)cc1. The lowest BCUT2D eigenvalue weighted by Crippen LogP contribution is -2.99. The van der Waals surface area contributed by atoms with Crippen molar-refractivity contribution in [3.05, 3.63) is 59.8 Å². The van der Waals surface area contributed by atoms with Gasteiger partial charge in [-0.15, -0.1) is 0 Å². The molecule has 0 heterocycles. The van der Waals surface area contributed by atoms with E-state index in [1.165, 1.54) is 12.1 Å². The Bertz CT molecular complexity index is 560. The van der Waals surface area contributed by atoms with Gasteiger partial charge in [0.05, 0.1) is 5.69 Å². The summed E-state index contributed by atoms with van der Waals surface area (Å²) in [5.41, 5.74) is 7.54. The van der Waals surface area contributed by atoms with Crippen LogP contribution in [0.5, 0.6) is 0 Å². The van der Waals surface area contributed by atoms with E-state index in [0.717, 1.165) is 5.69 Å². The van der Waals surface area contributed by atoms with Crippen molar-refractivity contribution in [2.24, 2.45) is 0 Å². The summed E-state index contributed by atoms with van der Waals surface area (Å²) in [5, 5.41) is 22.0. The van der Waals surface area contributed by atoms with E-state index in [4.69, 9.17) is 17.4 Å². The van der Waals surface area contributed by atoms with Crippen LogP contribution >= 0.6 is 12.2 Å². The molecule has 5 N–H and O–H groups in total. The standard InChI is InChI=1S/C13H14N4O2S/c18-17(19)12-8-6-11(7-9-12)15-16-13(20)14-10-4-2-1-3-5-10/h1-9,15,17-18H,(H2,14,16,20). The molecular formula is C13H14N4O2S. The molecular weight excluding hydrogens is 276 g/mol. The highest BCUT2D eigenvalue weighted by Gasteiger charge is 2.00. The van der Waals surface area contributed by atoms with E-state index >= 15 is 0 Å². The lowest BCUT2D eigenvalue weighted by Gasteiger charge is -2.14. The van der Waals surface area contributed by atoms with Crippen LogP contribution in [0.4, 0.5) is 17.1 Å². The summed E-state index contributed by atoms with van der Waals surface area (Å²) in [6, 6.07) is 15.9. The minimum atomic E-state index is -0.953. The first-order chi connectivity index (χ1) is 9.65. The van der Waals surface area contributed by atoms with Gasteiger partial charge < -0.3 is 10.5 Å². The maximum Gasteiger partial charge on any atom is 0.189 e. The van der Waals surface area contributed by atoms with Crippen LogP contribution in [0.2, 0.25) is 0 Å². The Morgan fingerprint density at radius 3 is 2.25 bits per heavy atom. The van der Waals surface area contributed by atoms with Crippen molar-refractivity contribution in [1.82, 2.24) is 5.43 Å². The first kappa shape index (κ1) is 14.2. The molecule has 0 radical (unpaired) electrons. The lowest BCUT2D eigenvalue weighted by atomic mass is 10.3. The number of hydrogen-bond acceptors (Lipinski definition) is 4. The molecule has 6 nitrogen and oxygen atoms in total. The third-order valence-electron chi connectivity index (χ3n) is 2.48. The molecule has 2 rings (SSSR count). The van der Waals surface area contributed by atoms with E-state index in [2.05, 4.69) is 16.2 Å². The second-order valence-electron chi connectivity index (χ2n) is 3.95. The van der Waals surface area contributed by atoms with Crippen LogP contribution in [0.25, 0.3) is 0 Å². The van der Waals surface area contributed by atoms with Crippen LogP contribution in [0.15, 0.2) is 54.6 Å². The lowest BCUT2D eigenvalue weighted by molar-refractivity contribution is -0.991. The number of para-hydroxylation sites is 1. The molecule has 0 aliphatic rings. The van der Waals surface area contributed by atoms with Gasteiger partial charge in [0, 0.05) is 17.8 Å². The minimum Gasteiger partial charge on any atom is -0.595 e. The molecule has 20 heavy (non-hydrogen) atoms. The Kier molecular flexibility index (Phi) is 4.85. The Morgan fingerprint density at radius 1 is 1.00 bits per heavy atom. The highest BCUT2D eigenvalue weighted by molar-refractivity contribution is 7.80. The summed E-state index contributed by atoms with van der Waals surface area (Å²) >= 11 is 5.12. The monoisotopic (exact) mass is 290 g/mol. The summed E-state index contributed by atoms with van der Waals surface area (Å²) in [5.74, 6) is 0. The number of hydrogen-bond donors (Lipinski definition) is 5. The van der Waals surface area contributed by atoms with Gasteiger partial charge >= 0.3 is 0 Å². The summed E-state index contributed by atoms with van der Waals surface area (Å²) in [6.45, 7) is 0. The van der Waals surface area contributed by atoms with Gasteiger partial charge in [-0.3, -0.25) is 10.9 Å². The third-order valence-corrected chi connectivity index (χ3v) is 2.69. The quantitative estimate of drug-likeness (QED) is 0.432. The maximum absolute atomic E-state index is 10.7. The molecule has 104 valence electrons. The highest BCUT2D eigenvalue weighted by atomic mass is 32.1. The molecule has 0 saturated heterocycles. The largest absolute Gasteiger partial charge is 0.595 e. The zero-order valence-electron chi connectivity index (χ0n) is 10.5. The van der Waals surface area contributed by atoms with Crippen molar-refractivity contribution in [2.75, 3.05) is 10.7 Å².